The second-order valence-corrected chi connectivity index (χ2v) is 40.6. The van der Waals surface area contributed by atoms with E-state index in [4.69, 9.17) is 39.5 Å². The SMILES string of the molecule is COC[C@@H]1CC2(CCN(C(=O)[C@@H](Cc3ccc(Cl)cc3)NC(=O)[C@H]3Cc4ccccc4CN3)CC2)C2CCCCC21.O=C(N[C@H](Cc1ccc(Cl)cc1)C(=O)N1CCC2(CC1)C[C@@H](CO)C1CCCCC12)[C@H]1Cc2ccccc2CN1.O=C(N[C@H](Cc1ccc(Cl)cc1)C(=O)N1CCC2(CC1)C[C@@H](Cn1cncn1)C1CCCCC12)[C@H]1Cc2ccccc2CN1. The fourth-order valence-electron chi connectivity index (χ4n) is 26.1. The van der Waals surface area contributed by atoms with Crippen molar-refractivity contribution < 1.29 is 38.6 Å². The number of ether oxygens (including phenoxy) is 1. The average molecular weight is 1760 g/mol. The van der Waals surface area contributed by atoms with E-state index in [1.54, 1.807) is 6.33 Å². The number of hydrogen-bond donors (Lipinski definition) is 7. The fraction of sp³-hybridized carbons (Fsp3) is 0.569. The van der Waals surface area contributed by atoms with Gasteiger partial charge in [0.15, 0.2) is 0 Å². The van der Waals surface area contributed by atoms with Crippen molar-refractivity contribution in [1.82, 2.24) is 61.4 Å². The number of aliphatic hydroxyl groups excluding tert-OH is 1. The van der Waals surface area contributed by atoms with Crippen molar-refractivity contribution in [2.75, 3.05) is 59.6 Å². The van der Waals surface area contributed by atoms with Crippen LogP contribution in [0.3, 0.4) is 0 Å². The number of nitrogens with zero attached hydrogens (tertiary/aromatic N) is 6. The number of aliphatic hydroxyl groups is 1. The minimum atomic E-state index is -0.627. The predicted octanol–water partition coefficient (Wildman–Crippen LogP) is 14.5. The van der Waals surface area contributed by atoms with Gasteiger partial charge in [0.25, 0.3) is 0 Å². The molecule has 23 heteroatoms. The molecular formula is C102H129Cl3N12O8. The minimum absolute atomic E-state index is 0.00580. The first kappa shape index (κ1) is 89.0. The maximum absolute atomic E-state index is 14.2. The van der Waals surface area contributed by atoms with Gasteiger partial charge < -0.3 is 56.4 Å². The van der Waals surface area contributed by atoms with Gasteiger partial charge in [0.1, 0.15) is 30.8 Å². The third kappa shape index (κ3) is 20.4. The van der Waals surface area contributed by atoms with E-state index in [0.29, 0.717) is 120 Å². The van der Waals surface area contributed by atoms with Gasteiger partial charge in [-0.1, -0.05) is 183 Å². The number of fused-ring (bicyclic) bond motifs is 9. The van der Waals surface area contributed by atoms with Crippen LogP contribution < -0.4 is 31.9 Å². The zero-order valence-electron chi connectivity index (χ0n) is 72.9. The number of methoxy groups -OCH3 is 1. The van der Waals surface area contributed by atoms with Crippen LogP contribution in [0.15, 0.2) is 158 Å². The van der Waals surface area contributed by atoms with Gasteiger partial charge in [0.2, 0.25) is 35.4 Å². The van der Waals surface area contributed by atoms with Crippen LogP contribution in [-0.2, 0) is 98.2 Å². The molecule has 6 amide bonds. The molecule has 6 aliphatic heterocycles. The highest BCUT2D eigenvalue weighted by Gasteiger charge is 2.58. The number of carbonyl (C=O) groups excluding carboxylic acids is 6. The summed E-state index contributed by atoms with van der Waals surface area (Å²) in [6.45, 7) is 8.54. The van der Waals surface area contributed by atoms with Crippen LogP contribution in [0, 0.1) is 69.5 Å². The van der Waals surface area contributed by atoms with Crippen molar-refractivity contribution in [3.05, 3.63) is 223 Å². The molecule has 9 fully saturated rings. The van der Waals surface area contributed by atoms with E-state index in [9.17, 15) is 33.9 Å². The lowest BCUT2D eigenvalue weighted by molar-refractivity contribution is -0.139. The number of likely N-dealkylation sites (tertiary alicyclic amines) is 3. The number of benzene rings is 6. The molecule has 7 aromatic rings. The highest BCUT2D eigenvalue weighted by Crippen LogP contribution is 2.63. The molecule has 6 aromatic carbocycles. The lowest BCUT2D eigenvalue weighted by Crippen LogP contribution is -2.57. The molecule has 6 aliphatic carbocycles. The van der Waals surface area contributed by atoms with Gasteiger partial charge in [-0.3, -0.25) is 33.4 Å². The van der Waals surface area contributed by atoms with Crippen LogP contribution in [-0.4, -0.2) is 166 Å². The third-order valence-electron chi connectivity index (χ3n) is 32.5. The van der Waals surface area contributed by atoms with E-state index >= 15 is 0 Å². The quantitative estimate of drug-likeness (QED) is 0.0376. The number of halogens is 3. The number of aromatic nitrogens is 3. The number of amides is 6. The Morgan fingerprint density at radius 1 is 0.432 bits per heavy atom. The summed E-state index contributed by atoms with van der Waals surface area (Å²) < 4.78 is 7.66. The molecule has 125 heavy (non-hydrogen) atoms. The Labute approximate surface area is 753 Å². The standard InChI is InChI=1S/C35H43ClN6O2.C34H44ClN3O3.C33H42ClN3O3/c36-28-11-9-24(10-12-28)17-32(40-33(43)31-18-25-5-1-2-6-26(25)20-38-31)34(44)41-15-13-35(14-16-41)19-27(21-42-23-37-22-39-42)29-7-3-4-8-30(29)35;1-41-22-26-20-34(29-9-5-4-8-28(26)29)14-16-38(17-15-34)33(40)31(18-23-10-12-27(35)13-11-23)37-32(39)30-19-24-6-2-3-7-25(24)21-36-30;34-26-11-9-22(10-12-26)17-30(36-31(39)29-18-23-5-1-2-6-24(23)20-35-29)32(40)37-15-13-33(14-16-37)19-25(21-38)27-7-3-4-8-28(27)33/h1-2,5-6,9-12,22-23,27,29-32,38H,3-4,7-8,13-21H2,(H,40,43);2-3,6-7,10-13,26,28-31,36H,4-5,8-9,14-22H2,1H3,(H,37,39);1-2,5-6,9-12,25,27-30,35,38H,3-4,7-8,13-21H2,(H,36,39)/t27-,29?,30?,31+,32+;26-,28?,29?,30+,31+;25-,27?,28?,29+,30+/m000/s1. The number of piperidine rings is 3. The summed E-state index contributed by atoms with van der Waals surface area (Å²) in [5, 5.41) is 36.1. The molecule has 0 radical (unpaired) electrons. The van der Waals surface area contributed by atoms with Gasteiger partial charge in [-0.15, -0.1) is 0 Å². The molecule has 6 unspecified atom stereocenters. The van der Waals surface area contributed by atoms with Gasteiger partial charge in [-0.2, -0.15) is 5.10 Å². The monoisotopic (exact) mass is 1750 g/mol. The molecule has 3 saturated heterocycles. The summed E-state index contributed by atoms with van der Waals surface area (Å²) in [7, 11) is 1.83. The van der Waals surface area contributed by atoms with Crippen molar-refractivity contribution in [1.29, 1.82) is 0 Å². The molecule has 7 heterocycles. The average Bonchev–Trinajstić information content (AvgIpc) is 1.60. The maximum atomic E-state index is 14.2. The first-order valence-corrected chi connectivity index (χ1v) is 48.4. The Morgan fingerprint density at radius 2 is 0.744 bits per heavy atom. The van der Waals surface area contributed by atoms with Crippen LogP contribution in [0.5, 0.6) is 0 Å². The van der Waals surface area contributed by atoms with Crippen molar-refractivity contribution in [3.8, 4) is 0 Å². The fourth-order valence-corrected chi connectivity index (χ4v) is 26.5. The summed E-state index contributed by atoms with van der Waals surface area (Å²) in [6.07, 6.45) is 32.1. The van der Waals surface area contributed by atoms with Gasteiger partial charge >= 0.3 is 0 Å². The Hall–Kier alpha value is -8.05. The van der Waals surface area contributed by atoms with Crippen LogP contribution in [0.2, 0.25) is 15.1 Å². The predicted molar refractivity (Wildman–Crippen MR) is 488 cm³/mol. The van der Waals surface area contributed by atoms with Gasteiger partial charge in [0, 0.05) is 120 Å². The van der Waals surface area contributed by atoms with E-state index in [-0.39, 0.29) is 59.0 Å². The molecule has 7 N–H and O–H groups in total. The van der Waals surface area contributed by atoms with Crippen molar-refractivity contribution in [2.24, 2.45) is 69.5 Å². The topological polar surface area (TPSA) is 244 Å². The number of carbonyl (C=O) groups is 6. The molecule has 20 nitrogen and oxygen atoms in total. The minimum Gasteiger partial charge on any atom is -0.396 e. The van der Waals surface area contributed by atoms with Crippen LogP contribution >= 0.6 is 34.8 Å². The highest BCUT2D eigenvalue weighted by atomic mass is 35.5. The smallest absolute Gasteiger partial charge is 0.245 e. The first-order chi connectivity index (χ1) is 60.9. The van der Waals surface area contributed by atoms with Crippen molar-refractivity contribution in [3.63, 3.8) is 0 Å². The molecule has 1 aromatic heterocycles. The Bertz CT molecular complexity index is 4840. The Balaban J connectivity index is 0.000000133. The summed E-state index contributed by atoms with van der Waals surface area (Å²) in [6, 6.07) is 44.5. The lowest BCUT2D eigenvalue weighted by Gasteiger charge is -2.46. The summed E-state index contributed by atoms with van der Waals surface area (Å²) in [5.74, 6) is 5.73. The van der Waals surface area contributed by atoms with Gasteiger partial charge in [0.05, 0.1) is 18.1 Å². The van der Waals surface area contributed by atoms with Crippen LogP contribution in [0.25, 0.3) is 0 Å². The molecular weight excluding hydrogens is 1630 g/mol. The molecule has 666 valence electrons. The zero-order valence-corrected chi connectivity index (χ0v) is 75.1. The van der Waals surface area contributed by atoms with E-state index in [1.807, 2.05) is 142 Å². The summed E-state index contributed by atoms with van der Waals surface area (Å²) >= 11 is 18.4. The molecule has 0 bridgehead atoms. The molecule has 19 rings (SSSR count). The first-order valence-electron chi connectivity index (χ1n) is 47.2. The number of rotatable bonds is 20. The van der Waals surface area contributed by atoms with E-state index in [1.165, 1.54) is 123 Å². The van der Waals surface area contributed by atoms with Crippen molar-refractivity contribution >= 4 is 70.2 Å². The van der Waals surface area contributed by atoms with Crippen molar-refractivity contribution in [2.45, 2.75) is 236 Å². The molecule has 12 aliphatic rings. The lowest BCUT2D eigenvalue weighted by atomic mass is 9.65. The van der Waals surface area contributed by atoms with Gasteiger partial charge in [-0.05, 0) is 272 Å². The molecule has 15 atom stereocenters. The highest BCUT2D eigenvalue weighted by molar-refractivity contribution is 6.31. The maximum Gasteiger partial charge on any atom is 0.245 e. The Kier molecular flexibility index (Phi) is 28.7. The summed E-state index contributed by atoms with van der Waals surface area (Å²) in [4.78, 5) is 93.1. The molecule has 6 saturated carbocycles. The largest absolute Gasteiger partial charge is 0.396 e. The third-order valence-corrected chi connectivity index (χ3v) is 33.2. The van der Waals surface area contributed by atoms with E-state index < -0.39 is 18.1 Å². The van der Waals surface area contributed by atoms with E-state index in [0.717, 1.165) is 138 Å². The second kappa shape index (κ2) is 40.3. The van der Waals surface area contributed by atoms with E-state index in [2.05, 4.69) is 78.4 Å². The number of hydrogen-bond acceptors (Lipinski definition) is 13. The zero-order chi connectivity index (χ0) is 86.2. The number of nitrogens with one attached hydrogen (secondary N) is 6. The molecule has 3 spiro atoms. The van der Waals surface area contributed by atoms with Gasteiger partial charge in [-0.25, -0.2) is 4.98 Å². The van der Waals surface area contributed by atoms with Crippen LogP contribution in [0.4, 0.5) is 0 Å². The second-order valence-electron chi connectivity index (χ2n) is 39.3. The Morgan fingerprint density at radius 3 is 1.07 bits per heavy atom. The summed E-state index contributed by atoms with van der Waals surface area (Å²) in [5.41, 5.74) is 11.1. The normalized spacial score (nSPS) is 27.4. The van der Waals surface area contributed by atoms with Crippen LogP contribution in [0.1, 0.15) is 185 Å².